The maximum absolute atomic E-state index is 8.78. The molecule has 68 valence electrons. The fourth-order valence-electron chi connectivity index (χ4n) is 0.971. The smallest absolute Gasteiger partial charge is 0.0991 e. The third-order valence-corrected chi connectivity index (χ3v) is 1.70. The van der Waals surface area contributed by atoms with Crippen molar-refractivity contribution in [2.45, 2.75) is 13.0 Å². The zero-order valence-corrected chi connectivity index (χ0v) is 7.49. The molecule has 0 saturated carbocycles. The molecule has 0 saturated heterocycles. The van der Waals surface area contributed by atoms with Crippen LogP contribution in [0.2, 0.25) is 0 Å². The Morgan fingerprint density at radius 3 is 2.54 bits per heavy atom. The lowest BCUT2D eigenvalue weighted by Gasteiger charge is -2.11. The Kier molecular flexibility index (Phi) is 3.30. The largest absolute Gasteiger partial charge is 0.394 e. The van der Waals surface area contributed by atoms with Gasteiger partial charge < -0.3 is 10.4 Å². The lowest BCUT2D eigenvalue weighted by atomic mass is 10.2. The van der Waals surface area contributed by atoms with E-state index in [2.05, 4.69) is 5.32 Å². The summed E-state index contributed by atoms with van der Waals surface area (Å²) in [4.78, 5) is 0. The molecule has 1 rings (SSSR count). The molecular weight excluding hydrogens is 164 g/mol. The lowest BCUT2D eigenvalue weighted by Crippen LogP contribution is -2.19. The van der Waals surface area contributed by atoms with Gasteiger partial charge in [-0.15, -0.1) is 0 Å². The SMILES string of the molecule is C[C@@H](CO)Nc1ccc(C#N)cc1. The van der Waals surface area contributed by atoms with Crippen molar-refractivity contribution in [3.8, 4) is 6.07 Å². The average molecular weight is 176 g/mol. The minimum atomic E-state index is 0.0351. The van der Waals surface area contributed by atoms with Gasteiger partial charge in [0.05, 0.1) is 18.2 Å². The van der Waals surface area contributed by atoms with Gasteiger partial charge >= 0.3 is 0 Å². The molecular formula is C10H12N2O. The van der Waals surface area contributed by atoms with Crippen LogP contribution in [0.4, 0.5) is 5.69 Å². The summed E-state index contributed by atoms with van der Waals surface area (Å²) < 4.78 is 0. The van der Waals surface area contributed by atoms with E-state index < -0.39 is 0 Å². The number of nitrogens with zero attached hydrogens (tertiary/aromatic N) is 1. The summed E-state index contributed by atoms with van der Waals surface area (Å²) >= 11 is 0. The fraction of sp³-hybridized carbons (Fsp3) is 0.300. The van der Waals surface area contributed by atoms with Crippen LogP contribution in [0.3, 0.4) is 0 Å². The molecule has 0 aliphatic heterocycles. The number of nitriles is 1. The van der Waals surface area contributed by atoms with Crippen molar-refractivity contribution in [2.24, 2.45) is 0 Å². The van der Waals surface area contributed by atoms with Gasteiger partial charge in [0.2, 0.25) is 0 Å². The molecule has 0 spiro atoms. The number of hydrogen-bond donors (Lipinski definition) is 2. The molecule has 1 atom stereocenters. The molecule has 3 nitrogen and oxygen atoms in total. The van der Waals surface area contributed by atoms with E-state index in [1.165, 1.54) is 0 Å². The van der Waals surface area contributed by atoms with Gasteiger partial charge in [0, 0.05) is 11.7 Å². The molecule has 0 unspecified atom stereocenters. The van der Waals surface area contributed by atoms with E-state index in [-0.39, 0.29) is 12.6 Å². The highest BCUT2D eigenvalue weighted by Gasteiger charge is 1.98. The van der Waals surface area contributed by atoms with Gasteiger partial charge in [0.1, 0.15) is 0 Å². The van der Waals surface area contributed by atoms with Crippen molar-refractivity contribution >= 4 is 5.69 Å². The van der Waals surface area contributed by atoms with Crippen LogP contribution in [0, 0.1) is 11.3 Å². The van der Waals surface area contributed by atoms with E-state index in [0.29, 0.717) is 5.56 Å². The Hall–Kier alpha value is -1.53. The number of hydrogen-bond acceptors (Lipinski definition) is 3. The fourth-order valence-corrected chi connectivity index (χ4v) is 0.971. The Labute approximate surface area is 77.6 Å². The summed E-state index contributed by atoms with van der Waals surface area (Å²) in [7, 11) is 0. The van der Waals surface area contributed by atoms with E-state index in [1.54, 1.807) is 12.1 Å². The Morgan fingerprint density at radius 2 is 2.08 bits per heavy atom. The quantitative estimate of drug-likeness (QED) is 0.731. The van der Waals surface area contributed by atoms with Crippen LogP contribution in [0.1, 0.15) is 12.5 Å². The predicted octanol–water partition coefficient (Wildman–Crippen LogP) is 1.35. The van der Waals surface area contributed by atoms with Crippen LogP contribution in [-0.2, 0) is 0 Å². The molecule has 1 aromatic carbocycles. The molecule has 0 bridgehead atoms. The number of anilines is 1. The zero-order chi connectivity index (χ0) is 9.68. The number of aliphatic hydroxyl groups excluding tert-OH is 1. The molecule has 0 fully saturated rings. The highest BCUT2D eigenvalue weighted by molar-refractivity contribution is 5.47. The van der Waals surface area contributed by atoms with Crippen molar-refractivity contribution in [2.75, 3.05) is 11.9 Å². The summed E-state index contributed by atoms with van der Waals surface area (Å²) in [5, 5.41) is 20.4. The standard InChI is InChI=1S/C10H12N2O/c1-8(7-13)12-10-4-2-9(6-11)3-5-10/h2-5,8,12-13H,7H2,1H3/t8-/m0/s1. The molecule has 0 heterocycles. The molecule has 2 N–H and O–H groups in total. The van der Waals surface area contributed by atoms with E-state index in [4.69, 9.17) is 10.4 Å². The summed E-state index contributed by atoms with van der Waals surface area (Å²) in [5.74, 6) is 0. The number of benzene rings is 1. The molecule has 0 aromatic heterocycles. The number of rotatable bonds is 3. The molecule has 0 amide bonds. The van der Waals surface area contributed by atoms with Gasteiger partial charge in [0.15, 0.2) is 0 Å². The van der Waals surface area contributed by atoms with Gasteiger partial charge in [-0.05, 0) is 31.2 Å². The first-order chi connectivity index (χ1) is 6.26. The van der Waals surface area contributed by atoms with Crippen LogP contribution in [0.25, 0.3) is 0 Å². The second-order valence-corrected chi connectivity index (χ2v) is 2.92. The highest BCUT2D eigenvalue weighted by atomic mass is 16.3. The number of aliphatic hydroxyl groups is 1. The van der Waals surface area contributed by atoms with Crippen molar-refractivity contribution < 1.29 is 5.11 Å². The normalized spacial score (nSPS) is 11.8. The maximum Gasteiger partial charge on any atom is 0.0991 e. The second kappa shape index (κ2) is 4.48. The van der Waals surface area contributed by atoms with Crippen molar-refractivity contribution in [1.82, 2.24) is 0 Å². The molecule has 0 aliphatic rings. The van der Waals surface area contributed by atoms with Crippen LogP contribution in [0.15, 0.2) is 24.3 Å². The second-order valence-electron chi connectivity index (χ2n) is 2.92. The molecule has 3 heteroatoms. The number of nitrogens with one attached hydrogen (secondary N) is 1. The van der Waals surface area contributed by atoms with E-state index >= 15 is 0 Å². The Bertz CT molecular complexity index is 300. The highest BCUT2D eigenvalue weighted by Crippen LogP contribution is 2.09. The monoisotopic (exact) mass is 176 g/mol. The summed E-state index contributed by atoms with van der Waals surface area (Å²) in [6.07, 6.45) is 0. The van der Waals surface area contributed by atoms with E-state index in [0.717, 1.165) is 5.69 Å². The minimum Gasteiger partial charge on any atom is -0.394 e. The summed E-state index contributed by atoms with van der Waals surface area (Å²) in [6.45, 7) is 1.98. The molecule has 13 heavy (non-hydrogen) atoms. The first kappa shape index (κ1) is 9.56. The van der Waals surface area contributed by atoms with Crippen molar-refractivity contribution in [3.05, 3.63) is 29.8 Å². The van der Waals surface area contributed by atoms with Gasteiger partial charge in [-0.2, -0.15) is 5.26 Å². The van der Waals surface area contributed by atoms with Gasteiger partial charge in [-0.25, -0.2) is 0 Å². The summed E-state index contributed by atoms with van der Waals surface area (Å²) in [5.41, 5.74) is 1.56. The molecule has 1 aromatic rings. The predicted molar refractivity (Wildman–Crippen MR) is 51.3 cm³/mol. The Balaban J connectivity index is 2.65. The Morgan fingerprint density at radius 1 is 1.46 bits per heavy atom. The minimum absolute atomic E-state index is 0.0351. The molecule has 0 radical (unpaired) electrons. The maximum atomic E-state index is 8.78. The van der Waals surface area contributed by atoms with Crippen LogP contribution in [0.5, 0.6) is 0 Å². The summed E-state index contributed by atoms with van der Waals surface area (Å²) in [6, 6.07) is 9.21. The van der Waals surface area contributed by atoms with Gasteiger partial charge in [-0.1, -0.05) is 0 Å². The van der Waals surface area contributed by atoms with Crippen LogP contribution >= 0.6 is 0 Å². The topological polar surface area (TPSA) is 56.0 Å². The zero-order valence-electron chi connectivity index (χ0n) is 7.49. The third-order valence-electron chi connectivity index (χ3n) is 1.70. The van der Waals surface area contributed by atoms with Crippen LogP contribution in [-0.4, -0.2) is 17.8 Å². The van der Waals surface area contributed by atoms with Gasteiger partial charge in [-0.3, -0.25) is 0 Å². The van der Waals surface area contributed by atoms with E-state index in [9.17, 15) is 0 Å². The lowest BCUT2D eigenvalue weighted by molar-refractivity contribution is 0.281. The molecule has 0 aliphatic carbocycles. The van der Waals surface area contributed by atoms with Crippen molar-refractivity contribution in [1.29, 1.82) is 5.26 Å². The third kappa shape index (κ3) is 2.77. The average Bonchev–Trinajstić information content (AvgIpc) is 2.19. The van der Waals surface area contributed by atoms with Crippen LogP contribution < -0.4 is 5.32 Å². The van der Waals surface area contributed by atoms with Crippen molar-refractivity contribution in [3.63, 3.8) is 0 Å². The first-order valence-corrected chi connectivity index (χ1v) is 4.14. The first-order valence-electron chi connectivity index (χ1n) is 4.14. The van der Waals surface area contributed by atoms with Gasteiger partial charge in [0.25, 0.3) is 0 Å². The van der Waals surface area contributed by atoms with E-state index in [1.807, 2.05) is 25.1 Å².